The summed E-state index contributed by atoms with van der Waals surface area (Å²) in [5.74, 6) is 0.366. The van der Waals surface area contributed by atoms with E-state index in [1.165, 1.54) is 0 Å². The molecule has 0 aliphatic carbocycles. The topological polar surface area (TPSA) is 61.2 Å². The number of benzene rings is 2. The van der Waals surface area contributed by atoms with Gasteiger partial charge in [0.1, 0.15) is 12.4 Å². The van der Waals surface area contributed by atoms with Gasteiger partial charge < -0.3 is 4.74 Å². The van der Waals surface area contributed by atoms with Gasteiger partial charge in [-0.1, -0.05) is 28.1 Å². The standard InChI is InChI=1S/C19H15BrN2O3/c20-14-6-3-12(4-7-14)11-25-19(24)13-5-8-15-16(10-13)21-17-2-1-9-22(17)18(15)23/h3-8,10H,1-2,9,11H2. The van der Waals surface area contributed by atoms with Crippen molar-refractivity contribution in [3.63, 3.8) is 0 Å². The average Bonchev–Trinajstić information content (AvgIpc) is 3.09. The summed E-state index contributed by atoms with van der Waals surface area (Å²) in [6, 6.07) is 12.5. The Hall–Kier alpha value is -2.47. The molecule has 4 rings (SSSR count). The van der Waals surface area contributed by atoms with Crippen LogP contribution in [-0.4, -0.2) is 15.5 Å². The van der Waals surface area contributed by atoms with E-state index >= 15 is 0 Å². The second-order valence-electron chi connectivity index (χ2n) is 6.02. The first kappa shape index (κ1) is 16.0. The number of aromatic nitrogens is 2. The van der Waals surface area contributed by atoms with Gasteiger partial charge in [-0.3, -0.25) is 9.36 Å². The maximum absolute atomic E-state index is 12.4. The fourth-order valence-electron chi connectivity index (χ4n) is 3.02. The molecule has 5 nitrogen and oxygen atoms in total. The normalized spacial score (nSPS) is 13.0. The number of ether oxygens (including phenoxy) is 1. The smallest absolute Gasteiger partial charge is 0.338 e. The average molecular weight is 399 g/mol. The molecule has 3 aromatic rings. The number of aryl methyl sites for hydroxylation is 1. The molecule has 0 saturated carbocycles. The third-order valence-electron chi connectivity index (χ3n) is 4.34. The lowest BCUT2D eigenvalue weighted by Crippen LogP contribution is -2.21. The van der Waals surface area contributed by atoms with Gasteiger partial charge in [0, 0.05) is 17.4 Å². The fourth-order valence-corrected chi connectivity index (χ4v) is 3.29. The summed E-state index contributed by atoms with van der Waals surface area (Å²) in [4.78, 5) is 29.3. The van der Waals surface area contributed by atoms with Crippen molar-refractivity contribution in [1.82, 2.24) is 9.55 Å². The molecular weight excluding hydrogens is 384 g/mol. The molecule has 6 heteroatoms. The van der Waals surface area contributed by atoms with Crippen LogP contribution in [0.1, 0.15) is 28.2 Å². The number of hydrogen-bond acceptors (Lipinski definition) is 4. The van der Waals surface area contributed by atoms with Crippen molar-refractivity contribution in [3.05, 3.63) is 74.2 Å². The molecule has 1 aromatic heterocycles. The first-order valence-corrected chi connectivity index (χ1v) is 8.86. The molecule has 2 heterocycles. The Bertz CT molecular complexity index is 1030. The molecule has 0 radical (unpaired) electrons. The summed E-state index contributed by atoms with van der Waals surface area (Å²) in [6.07, 6.45) is 1.73. The van der Waals surface area contributed by atoms with Crippen molar-refractivity contribution >= 4 is 32.8 Å². The van der Waals surface area contributed by atoms with Crippen LogP contribution in [0, 0.1) is 0 Å². The second kappa shape index (κ2) is 6.44. The maximum atomic E-state index is 12.4. The van der Waals surface area contributed by atoms with Crippen molar-refractivity contribution in [2.24, 2.45) is 0 Å². The van der Waals surface area contributed by atoms with Crippen molar-refractivity contribution in [3.8, 4) is 0 Å². The minimum absolute atomic E-state index is 0.0349. The fraction of sp³-hybridized carbons (Fsp3) is 0.211. The minimum Gasteiger partial charge on any atom is -0.457 e. The van der Waals surface area contributed by atoms with E-state index in [9.17, 15) is 9.59 Å². The first-order valence-electron chi connectivity index (χ1n) is 8.07. The van der Waals surface area contributed by atoms with Crippen molar-refractivity contribution < 1.29 is 9.53 Å². The third-order valence-corrected chi connectivity index (χ3v) is 4.86. The van der Waals surface area contributed by atoms with Gasteiger partial charge in [-0.25, -0.2) is 9.78 Å². The Morgan fingerprint density at radius 3 is 2.80 bits per heavy atom. The van der Waals surface area contributed by atoms with Crippen LogP contribution in [0.4, 0.5) is 0 Å². The van der Waals surface area contributed by atoms with E-state index in [1.54, 1.807) is 22.8 Å². The van der Waals surface area contributed by atoms with E-state index in [1.807, 2.05) is 24.3 Å². The van der Waals surface area contributed by atoms with Crippen LogP contribution in [0.25, 0.3) is 10.9 Å². The summed E-state index contributed by atoms with van der Waals surface area (Å²) in [5.41, 5.74) is 1.83. The Balaban J connectivity index is 1.58. The third kappa shape index (κ3) is 3.09. The van der Waals surface area contributed by atoms with Crippen LogP contribution in [0.3, 0.4) is 0 Å². The Kier molecular flexibility index (Phi) is 4.13. The van der Waals surface area contributed by atoms with E-state index in [-0.39, 0.29) is 12.2 Å². The number of esters is 1. The number of nitrogens with zero attached hydrogens (tertiary/aromatic N) is 2. The molecule has 1 aliphatic heterocycles. The van der Waals surface area contributed by atoms with Crippen molar-refractivity contribution in [2.75, 3.05) is 0 Å². The second-order valence-corrected chi connectivity index (χ2v) is 6.94. The van der Waals surface area contributed by atoms with Crippen LogP contribution in [0.15, 0.2) is 51.7 Å². The maximum Gasteiger partial charge on any atom is 0.338 e. The molecule has 0 fully saturated rings. The van der Waals surface area contributed by atoms with Gasteiger partial charge in [0.15, 0.2) is 0 Å². The lowest BCUT2D eigenvalue weighted by molar-refractivity contribution is 0.0473. The van der Waals surface area contributed by atoms with Crippen LogP contribution < -0.4 is 5.56 Å². The SMILES string of the molecule is O=C(OCc1ccc(Br)cc1)c1ccc2c(=O)n3c(nc2c1)CCC3. The number of rotatable bonds is 3. The van der Waals surface area contributed by atoms with Gasteiger partial charge in [0.2, 0.25) is 0 Å². The number of halogens is 1. The lowest BCUT2D eigenvalue weighted by Gasteiger charge is -2.08. The molecule has 0 amide bonds. The van der Waals surface area contributed by atoms with Crippen molar-refractivity contribution in [2.45, 2.75) is 26.0 Å². The molecule has 0 N–H and O–H groups in total. The van der Waals surface area contributed by atoms with E-state index in [2.05, 4.69) is 20.9 Å². The van der Waals surface area contributed by atoms with E-state index in [4.69, 9.17) is 4.74 Å². The van der Waals surface area contributed by atoms with Crippen LogP contribution in [-0.2, 0) is 24.3 Å². The van der Waals surface area contributed by atoms with Gasteiger partial charge in [0.25, 0.3) is 5.56 Å². The molecule has 2 aromatic carbocycles. The van der Waals surface area contributed by atoms with Gasteiger partial charge >= 0.3 is 5.97 Å². The van der Waals surface area contributed by atoms with Crippen LogP contribution in [0.5, 0.6) is 0 Å². The molecule has 0 atom stereocenters. The zero-order valence-electron chi connectivity index (χ0n) is 13.4. The zero-order valence-corrected chi connectivity index (χ0v) is 15.0. The largest absolute Gasteiger partial charge is 0.457 e. The summed E-state index contributed by atoms with van der Waals surface area (Å²) in [5, 5.41) is 0.537. The van der Waals surface area contributed by atoms with Gasteiger partial charge in [-0.2, -0.15) is 0 Å². The van der Waals surface area contributed by atoms with Crippen molar-refractivity contribution in [1.29, 1.82) is 0 Å². The number of hydrogen-bond donors (Lipinski definition) is 0. The first-order chi connectivity index (χ1) is 12.1. The Labute approximate surface area is 152 Å². The molecule has 25 heavy (non-hydrogen) atoms. The van der Waals surface area contributed by atoms with Gasteiger partial charge in [-0.15, -0.1) is 0 Å². The number of fused-ring (bicyclic) bond motifs is 2. The molecular formula is C19H15BrN2O3. The van der Waals surface area contributed by atoms with Crippen LogP contribution in [0.2, 0.25) is 0 Å². The summed E-state index contributed by atoms with van der Waals surface area (Å²) in [7, 11) is 0. The monoisotopic (exact) mass is 398 g/mol. The highest BCUT2D eigenvalue weighted by molar-refractivity contribution is 9.10. The summed E-state index contributed by atoms with van der Waals surface area (Å²) in [6.45, 7) is 0.915. The Morgan fingerprint density at radius 2 is 2.00 bits per heavy atom. The highest BCUT2D eigenvalue weighted by atomic mass is 79.9. The predicted molar refractivity (Wildman–Crippen MR) is 97.6 cm³/mol. The zero-order chi connectivity index (χ0) is 17.4. The van der Waals surface area contributed by atoms with E-state index < -0.39 is 5.97 Å². The number of carbonyl (C=O) groups is 1. The highest BCUT2D eigenvalue weighted by Gasteiger charge is 2.17. The molecule has 0 unspecified atom stereocenters. The summed E-state index contributed by atoms with van der Waals surface area (Å²) >= 11 is 3.37. The van der Waals surface area contributed by atoms with E-state index in [0.29, 0.717) is 23.0 Å². The van der Waals surface area contributed by atoms with Gasteiger partial charge in [0.05, 0.1) is 16.5 Å². The molecule has 0 spiro atoms. The van der Waals surface area contributed by atoms with Crippen LogP contribution >= 0.6 is 15.9 Å². The highest BCUT2D eigenvalue weighted by Crippen LogP contribution is 2.17. The molecule has 1 aliphatic rings. The quantitative estimate of drug-likeness (QED) is 0.633. The molecule has 126 valence electrons. The minimum atomic E-state index is -0.424. The Morgan fingerprint density at radius 1 is 1.20 bits per heavy atom. The molecule has 0 bridgehead atoms. The number of carbonyl (C=O) groups excluding carboxylic acids is 1. The van der Waals surface area contributed by atoms with E-state index in [0.717, 1.165) is 28.7 Å². The lowest BCUT2D eigenvalue weighted by atomic mass is 10.1. The van der Waals surface area contributed by atoms with Gasteiger partial charge in [-0.05, 0) is 42.3 Å². The molecule has 0 saturated heterocycles. The summed E-state index contributed by atoms with van der Waals surface area (Å²) < 4.78 is 8.05. The predicted octanol–water partition coefficient (Wildman–Crippen LogP) is 3.46.